The summed E-state index contributed by atoms with van der Waals surface area (Å²) in [5, 5.41) is 24.3. The van der Waals surface area contributed by atoms with Crippen molar-refractivity contribution >= 4 is 17.2 Å². The Bertz CT molecular complexity index is 482. The van der Waals surface area contributed by atoms with Crippen LogP contribution in [0.2, 0.25) is 0 Å². The van der Waals surface area contributed by atoms with Gasteiger partial charge < -0.3 is 15.5 Å². The molecule has 1 aromatic heterocycles. The van der Waals surface area contributed by atoms with Gasteiger partial charge in [0.05, 0.1) is 11.5 Å². The van der Waals surface area contributed by atoms with E-state index in [1.807, 2.05) is 11.4 Å². The topological polar surface area (TPSA) is 69.6 Å². The molecule has 0 bridgehead atoms. The van der Waals surface area contributed by atoms with Crippen molar-refractivity contribution in [3.05, 3.63) is 22.4 Å². The van der Waals surface area contributed by atoms with Gasteiger partial charge in [0.1, 0.15) is 0 Å². The SMILES string of the molecule is O=C(N[C@H]1C[C@@H](CO)[C@@H](O)C1)C1(c2cccs2)CCCC1. The van der Waals surface area contributed by atoms with Gasteiger partial charge in [0.2, 0.25) is 5.91 Å². The smallest absolute Gasteiger partial charge is 0.231 e. The Morgan fingerprint density at radius 3 is 2.71 bits per heavy atom. The number of thiophene rings is 1. The van der Waals surface area contributed by atoms with Crippen molar-refractivity contribution in [2.24, 2.45) is 5.92 Å². The van der Waals surface area contributed by atoms with Gasteiger partial charge in [0.15, 0.2) is 0 Å². The highest BCUT2D eigenvalue weighted by Gasteiger charge is 2.45. The standard InChI is InChI=1S/C16H23NO3S/c18-10-11-8-12(9-13(11)19)17-15(20)16(5-1-2-6-16)14-4-3-7-21-14/h3-4,7,11-13,18-19H,1-2,5-6,8-10H2,(H,17,20)/t11-,12-,13-/m0/s1. The maximum absolute atomic E-state index is 12.9. The highest BCUT2D eigenvalue weighted by atomic mass is 32.1. The molecule has 1 heterocycles. The van der Waals surface area contributed by atoms with E-state index in [9.17, 15) is 15.0 Å². The molecule has 3 N–H and O–H groups in total. The molecule has 116 valence electrons. The van der Waals surface area contributed by atoms with E-state index in [2.05, 4.69) is 11.4 Å². The minimum absolute atomic E-state index is 0.0103. The molecule has 2 fully saturated rings. The zero-order valence-corrected chi connectivity index (χ0v) is 12.9. The van der Waals surface area contributed by atoms with Crippen molar-refractivity contribution in [1.29, 1.82) is 0 Å². The summed E-state index contributed by atoms with van der Waals surface area (Å²) in [6, 6.07) is 4.06. The minimum Gasteiger partial charge on any atom is -0.396 e. The fraction of sp³-hybridized carbons (Fsp3) is 0.688. The lowest BCUT2D eigenvalue weighted by atomic mass is 9.83. The Labute approximate surface area is 129 Å². The van der Waals surface area contributed by atoms with Crippen LogP contribution in [-0.2, 0) is 10.2 Å². The molecule has 3 atom stereocenters. The molecule has 0 spiro atoms. The summed E-state index contributed by atoms with van der Waals surface area (Å²) >= 11 is 1.66. The fourth-order valence-corrected chi connectivity index (χ4v) is 4.84. The van der Waals surface area contributed by atoms with Gasteiger partial charge in [-0.25, -0.2) is 0 Å². The van der Waals surface area contributed by atoms with Crippen LogP contribution in [0.25, 0.3) is 0 Å². The fourth-order valence-electron chi connectivity index (χ4n) is 3.86. The van der Waals surface area contributed by atoms with Crippen LogP contribution < -0.4 is 5.32 Å². The molecule has 2 saturated carbocycles. The van der Waals surface area contributed by atoms with Crippen molar-refractivity contribution in [3.8, 4) is 0 Å². The number of hydrogen-bond acceptors (Lipinski definition) is 4. The average molecular weight is 309 g/mol. The van der Waals surface area contributed by atoms with Crippen LogP contribution in [0, 0.1) is 5.92 Å². The molecule has 2 aliphatic rings. The summed E-state index contributed by atoms with van der Waals surface area (Å²) < 4.78 is 0. The highest BCUT2D eigenvalue weighted by Crippen LogP contribution is 2.43. The normalized spacial score (nSPS) is 31.4. The second kappa shape index (κ2) is 6.07. The Balaban J connectivity index is 1.72. The largest absolute Gasteiger partial charge is 0.396 e. The number of hydrogen-bond donors (Lipinski definition) is 3. The molecular formula is C16H23NO3S. The lowest BCUT2D eigenvalue weighted by Crippen LogP contribution is -2.46. The predicted molar refractivity (Wildman–Crippen MR) is 82.2 cm³/mol. The molecule has 0 unspecified atom stereocenters. The number of carbonyl (C=O) groups excluding carboxylic acids is 1. The monoisotopic (exact) mass is 309 g/mol. The number of rotatable bonds is 4. The second-order valence-corrected chi connectivity index (χ2v) is 7.37. The van der Waals surface area contributed by atoms with E-state index < -0.39 is 6.10 Å². The summed E-state index contributed by atoms with van der Waals surface area (Å²) in [4.78, 5) is 14.0. The van der Waals surface area contributed by atoms with Crippen LogP contribution in [0.1, 0.15) is 43.4 Å². The molecule has 0 aromatic carbocycles. The number of amides is 1. The number of carbonyl (C=O) groups is 1. The van der Waals surface area contributed by atoms with Gasteiger partial charge >= 0.3 is 0 Å². The van der Waals surface area contributed by atoms with Crippen LogP contribution in [0.4, 0.5) is 0 Å². The zero-order valence-electron chi connectivity index (χ0n) is 12.1. The number of aliphatic hydroxyl groups is 2. The van der Waals surface area contributed by atoms with E-state index in [1.165, 1.54) is 0 Å². The van der Waals surface area contributed by atoms with Crippen molar-refractivity contribution in [2.45, 2.75) is 56.1 Å². The van der Waals surface area contributed by atoms with Crippen LogP contribution in [0.15, 0.2) is 17.5 Å². The Morgan fingerprint density at radius 2 is 2.14 bits per heavy atom. The molecule has 0 aliphatic heterocycles. The van der Waals surface area contributed by atoms with Gasteiger partial charge in [-0.05, 0) is 37.1 Å². The first-order valence-electron chi connectivity index (χ1n) is 7.79. The molecule has 2 aliphatic carbocycles. The number of nitrogens with one attached hydrogen (secondary N) is 1. The molecule has 1 aromatic rings. The van der Waals surface area contributed by atoms with Gasteiger partial charge in [-0.1, -0.05) is 18.9 Å². The van der Waals surface area contributed by atoms with Crippen LogP contribution in [0.5, 0.6) is 0 Å². The second-order valence-electron chi connectivity index (χ2n) is 6.42. The van der Waals surface area contributed by atoms with Crippen LogP contribution >= 0.6 is 11.3 Å². The molecule has 21 heavy (non-hydrogen) atoms. The first kappa shape index (κ1) is 15.0. The third kappa shape index (κ3) is 2.74. The first-order valence-corrected chi connectivity index (χ1v) is 8.67. The molecule has 0 saturated heterocycles. The first-order chi connectivity index (χ1) is 10.2. The number of aliphatic hydroxyl groups excluding tert-OH is 2. The maximum Gasteiger partial charge on any atom is 0.231 e. The van der Waals surface area contributed by atoms with Gasteiger partial charge in [0.25, 0.3) is 0 Å². The molecule has 3 rings (SSSR count). The summed E-state index contributed by atoms with van der Waals surface area (Å²) in [7, 11) is 0. The third-order valence-corrected chi connectivity index (χ3v) is 6.19. The maximum atomic E-state index is 12.9. The van der Waals surface area contributed by atoms with Gasteiger partial charge in [-0.3, -0.25) is 4.79 Å². The summed E-state index contributed by atoms with van der Waals surface area (Å²) in [6.45, 7) is -0.0103. The summed E-state index contributed by atoms with van der Waals surface area (Å²) in [6.07, 6.45) is 4.74. The minimum atomic E-state index is -0.499. The van der Waals surface area contributed by atoms with Gasteiger partial charge in [-0.15, -0.1) is 11.3 Å². The zero-order chi connectivity index (χ0) is 14.9. The van der Waals surface area contributed by atoms with Crippen LogP contribution in [-0.4, -0.2) is 34.9 Å². The van der Waals surface area contributed by atoms with E-state index in [1.54, 1.807) is 11.3 Å². The predicted octanol–water partition coefficient (Wildman–Crippen LogP) is 1.81. The highest BCUT2D eigenvalue weighted by molar-refractivity contribution is 7.10. The molecular weight excluding hydrogens is 286 g/mol. The van der Waals surface area contributed by atoms with Crippen molar-refractivity contribution in [1.82, 2.24) is 5.32 Å². The Kier molecular flexibility index (Phi) is 4.33. The Morgan fingerprint density at radius 1 is 1.38 bits per heavy atom. The molecule has 4 nitrogen and oxygen atoms in total. The molecule has 0 radical (unpaired) electrons. The van der Waals surface area contributed by atoms with E-state index >= 15 is 0 Å². The average Bonchev–Trinajstić information content (AvgIpc) is 3.19. The van der Waals surface area contributed by atoms with E-state index in [0.29, 0.717) is 12.8 Å². The van der Waals surface area contributed by atoms with Crippen molar-refractivity contribution in [2.75, 3.05) is 6.61 Å². The van der Waals surface area contributed by atoms with Crippen molar-refractivity contribution < 1.29 is 15.0 Å². The molecule has 5 heteroatoms. The Hall–Kier alpha value is -0.910. The lowest BCUT2D eigenvalue weighted by Gasteiger charge is -2.28. The van der Waals surface area contributed by atoms with E-state index in [0.717, 1.165) is 30.6 Å². The quantitative estimate of drug-likeness (QED) is 0.794. The van der Waals surface area contributed by atoms with E-state index in [4.69, 9.17) is 0 Å². The summed E-state index contributed by atoms with van der Waals surface area (Å²) in [5.41, 5.74) is -0.365. The summed E-state index contributed by atoms with van der Waals surface area (Å²) in [5.74, 6) is 0.00908. The molecule has 1 amide bonds. The lowest BCUT2D eigenvalue weighted by molar-refractivity contribution is -0.127. The van der Waals surface area contributed by atoms with Crippen molar-refractivity contribution in [3.63, 3.8) is 0 Å². The van der Waals surface area contributed by atoms with Gasteiger partial charge in [-0.2, -0.15) is 0 Å². The third-order valence-electron chi connectivity index (χ3n) is 5.11. The van der Waals surface area contributed by atoms with Gasteiger partial charge in [0, 0.05) is 23.4 Å². The van der Waals surface area contributed by atoms with E-state index in [-0.39, 0.29) is 29.9 Å². The van der Waals surface area contributed by atoms with Crippen LogP contribution in [0.3, 0.4) is 0 Å².